The zero-order valence-electron chi connectivity index (χ0n) is 9.72. The molecular formula is C11H16N2O3S. The van der Waals surface area contributed by atoms with Crippen molar-refractivity contribution in [1.29, 1.82) is 0 Å². The highest BCUT2D eigenvalue weighted by atomic mass is 32.2. The molecule has 1 heterocycles. The third kappa shape index (κ3) is 2.53. The van der Waals surface area contributed by atoms with Crippen molar-refractivity contribution in [2.24, 2.45) is 0 Å². The summed E-state index contributed by atoms with van der Waals surface area (Å²) in [4.78, 5) is 0. The first kappa shape index (κ1) is 12.2. The number of sulfonamides is 1. The van der Waals surface area contributed by atoms with E-state index >= 15 is 0 Å². The van der Waals surface area contributed by atoms with Crippen molar-refractivity contribution in [3.05, 3.63) is 23.8 Å². The van der Waals surface area contributed by atoms with Gasteiger partial charge in [-0.25, -0.2) is 8.42 Å². The third-order valence-electron chi connectivity index (χ3n) is 2.86. The van der Waals surface area contributed by atoms with Gasteiger partial charge in [-0.15, -0.1) is 0 Å². The van der Waals surface area contributed by atoms with E-state index in [0.29, 0.717) is 30.9 Å². The summed E-state index contributed by atoms with van der Waals surface area (Å²) in [6.07, 6.45) is 0.702. The van der Waals surface area contributed by atoms with E-state index < -0.39 is 10.0 Å². The average molecular weight is 256 g/mol. The molecule has 0 unspecified atom stereocenters. The van der Waals surface area contributed by atoms with Gasteiger partial charge < -0.3 is 10.5 Å². The van der Waals surface area contributed by atoms with Gasteiger partial charge in [0.2, 0.25) is 10.0 Å². The number of rotatable bonds is 3. The summed E-state index contributed by atoms with van der Waals surface area (Å²) in [5.41, 5.74) is 7.19. The normalized spacial score (nSPS) is 19.4. The zero-order chi connectivity index (χ0) is 12.5. The van der Waals surface area contributed by atoms with E-state index in [1.807, 2.05) is 6.07 Å². The van der Waals surface area contributed by atoms with Gasteiger partial charge in [0.25, 0.3) is 0 Å². The van der Waals surface area contributed by atoms with Crippen LogP contribution in [-0.4, -0.2) is 32.1 Å². The van der Waals surface area contributed by atoms with Crippen LogP contribution in [0.4, 0.5) is 5.69 Å². The van der Waals surface area contributed by atoms with Gasteiger partial charge in [0.1, 0.15) is 5.75 Å². The number of anilines is 1. The molecule has 1 aliphatic rings. The van der Waals surface area contributed by atoms with E-state index in [4.69, 9.17) is 10.5 Å². The van der Waals surface area contributed by atoms with Gasteiger partial charge in [0.15, 0.2) is 0 Å². The van der Waals surface area contributed by atoms with Gasteiger partial charge in [-0.1, -0.05) is 6.07 Å². The molecule has 0 aromatic heterocycles. The van der Waals surface area contributed by atoms with Crippen LogP contribution in [0.5, 0.6) is 5.75 Å². The predicted molar refractivity (Wildman–Crippen MR) is 66.2 cm³/mol. The molecule has 94 valence electrons. The van der Waals surface area contributed by atoms with E-state index in [2.05, 4.69) is 0 Å². The molecule has 5 nitrogen and oxygen atoms in total. The largest absolute Gasteiger partial charge is 0.495 e. The van der Waals surface area contributed by atoms with Gasteiger partial charge >= 0.3 is 0 Å². The van der Waals surface area contributed by atoms with Crippen LogP contribution in [-0.2, 0) is 16.6 Å². The topological polar surface area (TPSA) is 72.6 Å². The molecule has 1 aromatic rings. The standard InChI is InChI=1S/C11H16N2O3S/c1-16-11-4-3-9(7-10(11)12)8-13-5-2-6-17(13,14)15/h3-4,7H,2,5-6,8,12H2,1H3. The molecule has 1 saturated heterocycles. The number of nitrogens with zero attached hydrogens (tertiary/aromatic N) is 1. The molecule has 2 rings (SSSR count). The molecule has 0 radical (unpaired) electrons. The van der Waals surface area contributed by atoms with Crippen LogP contribution in [0.15, 0.2) is 18.2 Å². The summed E-state index contributed by atoms with van der Waals surface area (Å²) < 4.78 is 29.8. The molecular weight excluding hydrogens is 240 g/mol. The molecule has 2 N–H and O–H groups in total. The Kier molecular flexibility index (Phi) is 3.26. The van der Waals surface area contributed by atoms with Crippen molar-refractivity contribution in [2.75, 3.05) is 25.1 Å². The minimum Gasteiger partial charge on any atom is -0.495 e. The zero-order valence-corrected chi connectivity index (χ0v) is 10.5. The van der Waals surface area contributed by atoms with Crippen LogP contribution in [0.1, 0.15) is 12.0 Å². The van der Waals surface area contributed by atoms with Gasteiger partial charge in [0, 0.05) is 13.1 Å². The highest BCUT2D eigenvalue weighted by molar-refractivity contribution is 7.89. The lowest BCUT2D eigenvalue weighted by molar-refractivity contribution is 0.415. The maximum Gasteiger partial charge on any atom is 0.214 e. The van der Waals surface area contributed by atoms with E-state index in [0.717, 1.165) is 5.56 Å². The summed E-state index contributed by atoms with van der Waals surface area (Å²) in [5.74, 6) is 0.858. The lowest BCUT2D eigenvalue weighted by atomic mass is 10.2. The van der Waals surface area contributed by atoms with E-state index in [1.165, 1.54) is 4.31 Å². The quantitative estimate of drug-likeness (QED) is 0.812. The first-order valence-electron chi connectivity index (χ1n) is 5.43. The van der Waals surface area contributed by atoms with E-state index in [-0.39, 0.29) is 5.75 Å². The molecule has 17 heavy (non-hydrogen) atoms. The summed E-state index contributed by atoms with van der Waals surface area (Å²) in [7, 11) is -1.50. The molecule has 0 amide bonds. The maximum atomic E-state index is 11.6. The number of methoxy groups -OCH3 is 1. The van der Waals surface area contributed by atoms with Crippen molar-refractivity contribution in [3.8, 4) is 5.75 Å². The lowest BCUT2D eigenvalue weighted by Gasteiger charge is -2.15. The van der Waals surface area contributed by atoms with Crippen LogP contribution in [0, 0.1) is 0 Å². The van der Waals surface area contributed by atoms with Crippen LogP contribution in [0.3, 0.4) is 0 Å². The minimum absolute atomic E-state index is 0.249. The van der Waals surface area contributed by atoms with E-state index in [1.54, 1.807) is 19.2 Å². The summed E-state index contributed by atoms with van der Waals surface area (Å²) in [6.45, 7) is 0.977. The van der Waals surface area contributed by atoms with Crippen molar-refractivity contribution in [1.82, 2.24) is 4.31 Å². The third-order valence-corrected chi connectivity index (χ3v) is 4.76. The van der Waals surface area contributed by atoms with Crippen molar-refractivity contribution >= 4 is 15.7 Å². The number of benzene rings is 1. The Balaban J connectivity index is 2.17. The van der Waals surface area contributed by atoms with Gasteiger partial charge in [-0.3, -0.25) is 0 Å². The SMILES string of the molecule is COc1ccc(CN2CCCS2(=O)=O)cc1N. The minimum atomic E-state index is -3.05. The molecule has 1 aliphatic heterocycles. The molecule has 1 aromatic carbocycles. The Morgan fingerprint density at radius 3 is 2.76 bits per heavy atom. The fourth-order valence-electron chi connectivity index (χ4n) is 1.95. The summed E-state index contributed by atoms with van der Waals surface area (Å²) in [6, 6.07) is 5.35. The Hall–Kier alpha value is -1.27. The number of hydrogen-bond acceptors (Lipinski definition) is 4. The van der Waals surface area contributed by atoms with E-state index in [9.17, 15) is 8.42 Å². The molecule has 0 aliphatic carbocycles. The first-order chi connectivity index (χ1) is 8.03. The Labute approximate surface area is 101 Å². The Morgan fingerprint density at radius 2 is 2.24 bits per heavy atom. The maximum absolute atomic E-state index is 11.6. The van der Waals surface area contributed by atoms with Crippen molar-refractivity contribution < 1.29 is 13.2 Å². The fraction of sp³-hybridized carbons (Fsp3) is 0.455. The number of nitrogens with two attached hydrogens (primary N) is 1. The molecule has 0 spiro atoms. The van der Waals surface area contributed by atoms with Crippen LogP contribution in [0.2, 0.25) is 0 Å². The van der Waals surface area contributed by atoms with Crippen molar-refractivity contribution in [3.63, 3.8) is 0 Å². The second kappa shape index (κ2) is 4.54. The second-order valence-electron chi connectivity index (χ2n) is 4.08. The fourth-order valence-corrected chi connectivity index (χ4v) is 3.46. The van der Waals surface area contributed by atoms with Crippen molar-refractivity contribution in [2.45, 2.75) is 13.0 Å². The van der Waals surface area contributed by atoms with Gasteiger partial charge in [-0.2, -0.15) is 4.31 Å². The Morgan fingerprint density at radius 1 is 1.47 bits per heavy atom. The summed E-state index contributed by atoms with van der Waals surface area (Å²) in [5, 5.41) is 0. The monoisotopic (exact) mass is 256 g/mol. The Bertz CT molecular complexity index is 513. The number of nitrogen functional groups attached to an aromatic ring is 1. The predicted octanol–water partition coefficient (Wildman–Crippen LogP) is 0.813. The highest BCUT2D eigenvalue weighted by Crippen LogP contribution is 2.24. The first-order valence-corrected chi connectivity index (χ1v) is 7.04. The average Bonchev–Trinajstić information content (AvgIpc) is 2.59. The molecule has 0 bridgehead atoms. The number of hydrogen-bond donors (Lipinski definition) is 1. The lowest BCUT2D eigenvalue weighted by Crippen LogP contribution is -2.25. The van der Waals surface area contributed by atoms with Gasteiger partial charge in [-0.05, 0) is 24.1 Å². The molecule has 6 heteroatoms. The molecule has 1 fully saturated rings. The van der Waals surface area contributed by atoms with Gasteiger partial charge in [0.05, 0.1) is 18.6 Å². The molecule has 0 saturated carbocycles. The summed E-state index contributed by atoms with van der Waals surface area (Å²) >= 11 is 0. The van der Waals surface area contributed by atoms with Crippen LogP contribution >= 0.6 is 0 Å². The smallest absolute Gasteiger partial charge is 0.214 e. The number of ether oxygens (including phenoxy) is 1. The molecule has 0 atom stereocenters. The highest BCUT2D eigenvalue weighted by Gasteiger charge is 2.27. The van der Waals surface area contributed by atoms with Crippen LogP contribution in [0.25, 0.3) is 0 Å². The second-order valence-corrected chi connectivity index (χ2v) is 6.17. The van der Waals surface area contributed by atoms with Crippen LogP contribution < -0.4 is 10.5 Å².